The topological polar surface area (TPSA) is 0 Å². The molecule has 2 aliphatic carbocycles. The number of hydrogen-bond acceptors (Lipinski definition) is 0. The van der Waals surface area contributed by atoms with Crippen LogP contribution in [-0.4, -0.2) is 0 Å². The first-order valence-electron chi connectivity index (χ1n) is 9.37. The molecule has 5 rings (SSSR count). The van der Waals surface area contributed by atoms with E-state index in [4.69, 9.17) is 0 Å². The molecule has 0 heteroatoms. The SMILES string of the molecule is C/C=C1\C(=C/C)C2(c3ccccc31)c1ccccc1-c1ccc(C)cc12. The summed E-state index contributed by atoms with van der Waals surface area (Å²) in [7, 11) is 0. The van der Waals surface area contributed by atoms with Crippen LogP contribution in [0.25, 0.3) is 16.7 Å². The minimum Gasteiger partial charge on any atom is -0.0822 e. The van der Waals surface area contributed by atoms with Gasteiger partial charge in [-0.05, 0) is 65.3 Å². The molecular formula is C26H22. The highest BCUT2D eigenvalue weighted by Gasteiger charge is 2.52. The summed E-state index contributed by atoms with van der Waals surface area (Å²) in [5, 5.41) is 0. The van der Waals surface area contributed by atoms with Gasteiger partial charge in [0, 0.05) is 0 Å². The third-order valence-electron chi connectivity index (χ3n) is 6.09. The molecule has 126 valence electrons. The Hall–Kier alpha value is -2.86. The van der Waals surface area contributed by atoms with Gasteiger partial charge in [-0.25, -0.2) is 0 Å². The Balaban J connectivity index is 2.03. The van der Waals surface area contributed by atoms with Crippen LogP contribution in [0.4, 0.5) is 0 Å². The third-order valence-corrected chi connectivity index (χ3v) is 6.09. The van der Waals surface area contributed by atoms with E-state index in [0.29, 0.717) is 0 Å². The number of aryl methyl sites for hydroxylation is 1. The van der Waals surface area contributed by atoms with E-state index < -0.39 is 0 Å². The fourth-order valence-corrected chi connectivity index (χ4v) is 5.19. The molecule has 0 bridgehead atoms. The molecule has 0 aromatic heterocycles. The lowest BCUT2D eigenvalue weighted by Crippen LogP contribution is -2.26. The van der Waals surface area contributed by atoms with Crippen molar-refractivity contribution in [3.05, 3.63) is 112 Å². The summed E-state index contributed by atoms with van der Waals surface area (Å²) in [6.45, 7) is 6.54. The number of benzene rings is 3. The van der Waals surface area contributed by atoms with Gasteiger partial charge in [0.15, 0.2) is 0 Å². The van der Waals surface area contributed by atoms with E-state index in [-0.39, 0.29) is 5.41 Å². The molecule has 0 amide bonds. The van der Waals surface area contributed by atoms with E-state index >= 15 is 0 Å². The van der Waals surface area contributed by atoms with Crippen LogP contribution in [0.3, 0.4) is 0 Å². The minimum absolute atomic E-state index is 0.189. The van der Waals surface area contributed by atoms with Gasteiger partial charge >= 0.3 is 0 Å². The van der Waals surface area contributed by atoms with Crippen molar-refractivity contribution in [1.82, 2.24) is 0 Å². The maximum Gasteiger partial charge on any atom is 0.0722 e. The number of rotatable bonds is 0. The molecule has 1 unspecified atom stereocenters. The first-order valence-corrected chi connectivity index (χ1v) is 9.37. The van der Waals surface area contributed by atoms with Crippen LogP contribution in [-0.2, 0) is 5.41 Å². The number of fused-ring (bicyclic) bond motifs is 7. The maximum absolute atomic E-state index is 2.40. The Bertz CT molecular complexity index is 1110. The van der Waals surface area contributed by atoms with E-state index in [1.165, 1.54) is 50.1 Å². The van der Waals surface area contributed by atoms with Crippen molar-refractivity contribution in [2.75, 3.05) is 0 Å². The lowest BCUT2D eigenvalue weighted by atomic mass is 9.70. The van der Waals surface area contributed by atoms with Crippen LogP contribution in [0.2, 0.25) is 0 Å². The average Bonchev–Trinajstić information content (AvgIpc) is 3.13. The smallest absolute Gasteiger partial charge is 0.0722 e. The fourth-order valence-electron chi connectivity index (χ4n) is 5.19. The van der Waals surface area contributed by atoms with Gasteiger partial charge in [-0.1, -0.05) is 84.4 Å². The predicted molar refractivity (Wildman–Crippen MR) is 110 cm³/mol. The van der Waals surface area contributed by atoms with Gasteiger partial charge in [0.25, 0.3) is 0 Å². The van der Waals surface area contributed by atoms with E-state index in [1.54, 1.807) is 0 Å². The molecule has 2 aliphatic rings. The minimum atomic E-state index is -0.189. The van der Waals surface area contributed by atoms with Crippen molar-refractivity contribution in [2.45, 2.75) is 26.2 Å². The van der Waals surface area contributed by atoms with Gasteiger partial charge in [0.1, 0.15) is 0 Å². The summed E-state index contributed by atoms with van der Waals surface area (Å²) in [4.78, 5) is 0. The second-order valence-corrected chi connectivity index (χ2v) is 7.29. The Labute approximate surface area is 155 Å². The van der Waals surface area contributed by atoms with Crippen LogP contribution in [0.5, 0.6) is 0 Å². The normalized spacial score (nSPS) is 22.7. The van der Waals surface area contributed by atoms with Gasteiger partial charge in [-0.3, -0.25) is 0 Å². The number of allylic oxidation sites excluding steroid dienone is 4. The highest BCUT2D eigenvalue weighted by Crippen LogP contribution is 2.63. The molecule has 1 atom stereocenters. The summed E-state index contributed by atoms with van der Waals surface area (Å²) in [6.07, 6.45) is 4.60. The second kappa shape index (κ2) is 5.32. The van der Waals surface area contributed by atoms with Crippen molar-refractivity contribution in [3.63, 3.8) is 0 Å². The Morgan fingerprint density at radius 3 is 1.96 bits per heavy atom. The molecule has 0 saturated carbocycles. The van der Waals surface area contributed by atoms with Crippen molar-refractivity contribution >= 4 is 5.57 Å². The van der Waals surface area contributed by atoms with E-state index in [2.05, 4.69) is 99.7 Å². The molecule has 0 heterocycles. The zero-order chi connectivity index (χ0) is 17.9. The lowest BCUT2D eigenvalue weighted by Gasteiger charge is -2.31. The molecule has 0 fully saturated rings. The highest BCUT2D eigenvalue weighted by molar-refractivity contribution is 5.99. The van der Waals surface area contributed by atoms with Gasteiger partial charge in [0.2, 0.25) is 0 Å². The molecule has 0 aliphatic heterocycles. The van der Waals surface area contributed by atoms with Crippen molar-refractivity contribution in [3.8, 4) is 11.1 Å². The van der Waals surface area contributed by atoms with Crippen LogP contribution >= 0.6 is 0 Å². The summed E-state index contributed by atoms with van der Waals surface area (Å²) < 4.78 is 0. The van der Waals surface area contributed by atoms with E-state index in [1.807, 2.05) is 0 Å². The van der Waals surface area contributed by atoms with Gasteiger partial charge < -0.3 is 0 Å². The van der Waals surface area contributed by atoms with Crippen molar-refractivity contribution < 1.29 is 0 Å². The first kappa shape index (κ1) is 15.4. The number of hydrogen-bond donors (Lipinski definition) is 0. The standard InChI is InChI=1S/C26H22/c1-4-18-19-10-6-8-12-23(19)26(22(18)5-2)24-13-9-7-11-20(24)21-15-14-17(3)16-25(21)26/h4-16H,1-3H3/b18-4-,22-5+. The van der Waals surface area contributed by atoms with Crippen molar-refractivity contribution in [2.24, 2.45) is 0 Å². The Morgan fingerprint density at radius 1 is 0.654 bits per heavy atom. The highest BCUT2D eigenvalue weighted by atomic mass is 14.5. The summed E-state index contributed by atoms with van der Waals surface area (Å²) in [6, 6.07) is 24.8. The second-order valence-electron chi connectivity index (χ2n) is 7.29. The third kappa shape index (κ3) is 1.65. The van der Waals surface area contributed by atoms with Crippen molar-refractivity contribution in [1.29, 1.82) is 0 Å². The Kier molecular flexibility index (Phi) is 3.15. The molecule has 0 saturated heterocycles. The Morgan fingerprint density at radius 2 is 1.27 bits per heavy atom. The van der Waals surface area contributed by atoms with E-state index in [9.17, 15) is 0 Å². The van der Waals surface area contributed by atoms with Gasteiger partial charge in [-0.2, -0.15) is 0 Å². The van der Waals surface area contributed by atoms with Crippen LogP contribution in [0, 0.1) is 6.92 Å². The monoisotopic (exact) mass is 334 g/mol. The summed E-state index contributed by atoms with van der Waals surface area (Å²) >= 11 is 0. The van der Waals surface area contributed by atoms with Crippen LogP contribution in [0.15, 0.2) is 84.5 Å². The van der Waals surface area contributed by atoms with E-state index in [0.717, 1.165) is 0 Å². The predicted octanol–water partition coefficient (Wildman–Crippen LogP) is 6.67. The molecule has 26 heavy (non-hydrogen) atoms. The van der Waals surface area contributed by atoms with Crippen LogP contribution in [0.1, 0.15) is 41.7 Å². The maximum atomic E-state index is 2.40. The van der Waals surface area contributed by atoms with Gasteiger partial charge in [-0.15, -0.1) is 0 Å². The van der Waals surface area contributed by atoms with Crippen LogP contribution < -0.4 is 0 Å². The molecule has 0 N–H and O–H groups in total. The average molecular weight is 334 g/mol. The molecule has 0 radical (unpaired) electrons. The lowest BCUT2D eigenvalue weighted by molar-refractivity contribution is 0.791. The largest absolute Gasteiger partial charge is 0.0822 e. The molecule has 0 nitrogen and oxygen atoms in total. The zero-order valence-corrected chi connectivity index (χ0v) is 15.5. The first-order chi connectivity index (χ1) is 12.7. The molecule has 1 spiro atoms. The zero-order valence-electron chi connectivity index (χ0n) is 15.5. The molecule has 3 aromatic carbocycles. The fraction of sp³-hybridized carbons (Fsp3) is 0.154. The van der Waals surface area contributed by atoms with Gasteiger partial charge in [0.05, 0.1) is 5.41 Å². The summed E-state index contributed by atoms with van der Waals surface area (Å²) in [5.74, 6) is 0. The quantitative estimate of drug-likeness (QED) is 0.430. The molecule has 3 aromatic rings. The molecular weight excluding hydrogens is 312 g/mol. The summed E-state index contributed by atoms with van der Waals surface area (Å²) in [5.41, 5.74) is 12.3.